The van der Waals surface area contributed by atoms with Gasteiger partial charge in [-0.05, 0) is 17.9 Å². The molecule has 0 unspecified atom stereocenters. The van der Waals surface area contributed by atoms with Crippen molar-refractivity contribution in [3.05, 3.63) is 28.6 Å². The molecule has 5 nitrogen and oxygen atoms in total. The third kappa shape index (κ3) is 5.56. The van der Waals surface area contributed by atoms with E-state index in [-0.39, 0.29) is 18.1 Å². The molecule has 2 heterocycles. The first-order valence-corrected chi connectivity index (χ1v) is 10.2. The van der Waals surface area contributed by atoms with Gasteiger partial charge in [0.05, 0.1) is 22.7 Å². The van der Waals surface area contributed by atoms with E-state index in [2.05, 4.69) is 10.3 Å². The molecule has 0 aliphatic rings. The summed E-state index contributed by atoms with van der Waals surface area (Å²) in [6.45, 7) is 0.369. The minimum absolute atomic E-state index is 0.0898. The molecular weight excluding hydrogens is 328 g/mol. The number of thiophene rings is 1. The maximum absolute atomic E-state index is 11.7. The van der Waals surface area contributed by atoms with Crippen molar-refractivity contribution in [1.82, 2.24) is 10.3 Å². The second-order valence-electron chi connectivity index (χ2n) is 4.63. The number of hydrogen-bond donors (Lipinski definition) is 1. The van der Waals surface area contributed by atoms with E-state index >= 15 is 0 Å². The van der Waals surface area contributed by atoms with Crippen LogP contribution in [0.25, 0.3) is 9.88 Å². The summed E-state index contributed by atoms with van der Waals surface area (Å²) in [6.07, 6.45) is 1.85. The van der Waals surface area contributed by atoms with Gasteiger partial charge >= 0.3 is 0 Å². The first kappa shape index (κ1) is 16.1. The molecule has 0 bridgehead atoms. The fraction of sp³-hybridized carbons (Fsp3) is 0.385. The average Bonchev–Trinajstić information content (AvgIpc) is 3.03. The SMILES string of the molecule is CS(=O)(=O)CCCNC(=O)Cc1csc(-c2cccs2)n1. The van der Waals surface area contributed by atoms with Crippen molar-refractivity contribution in [3.63, 3.8) is 0 Å². The molecule has 0 aliphatic heterocycles. The molecule has 0 saturated carbocycles. The maximum atomic E-state index is 11.7. The Hall–Kier alpha value is -1.25. The number of carbonyl (C=O) groups is 1. The molecule has 8 heteroatoms. The maximum Gasteiger partial charge on any atom is 0.226 e. The van der Waals surface area contributed by atoms with Gasteiger partial charge in [-0.3, -0.25) is 4.79 Å². The Morgan fingerprint density at radius 1 is 1.38 bits per heavy atom. The van der Waals surface area contributed by atoms with Crippen LogP contribution in [0.3, 0.4) is 0 Å². The van der Waals surface area contributed by atoms with E-state index in [0.29, 0.717) is 13.0 Å². The van der Waals surface area contributed by atoms with Gasteiger partial charge in [-0.25, -0.2) is 13.4 Å². The van der Waals surface area contributed by atoms with Crippen LogP contribution >= 0.6 is 22.7 Å². The Morgan fingerprint density at radius 2 is 2.19 bits per heavy atom. The molecule has 2 rings (SSSR count). The molecule has 2 aromatic heterocycles. The highest BCUT2D eigenvalue weighted by Gasteiger charge is 2.09. The minimum Gasteiger partial charge on any atom is -0.356 e. The molecule has 0 saturated heterocycles. The lowest BCUT2D eigenvalue weighted by Gasteiger charge is -2.03. The fourth-order valence-corrected chi connectivity index (χ4v) is 3.99. The highest BCUT2D eigenvalue weighted by Crippen LogP contribution is 2.27. The number of aromatic nitrogens is 1. The van der Waals surface area contributed by atoms with Gasteiger partial charge in [-0.1, -0.05) is 6.07 Å². The van der Waals surface area contributed by atoms with E-state index in [9.17, 15) is 13.2 Å². The summed E-state index contributed by atoms with van der Waals surface area (Å²) in [5.74, 6) is -0.0431. The van der Waals surface area contributed by atoms with Crippen molar-refractivity contribution >= 4 is 38.4 Å². The first-order valence-electron chi connectivity index (χ1n) is 6.37. The summed E-state index contributed by atoms with van der Waals surface area (Å²) in [7, 11) is -2.96. The van der Waals surface area contributed by atoms with E-state index in [1.165, 1.54) is 17.6 Å². The molecule has 0 fully saturated rings. The van der Waals surface area contributed by atoms with Crippen LogP contribution in [0.4, 0.5) is 0 Å². The summed E-state index contributed by atoms with van der Waals surface area (Å²) >= 11 is 3.14. The quantitative estimate of drug-likeness (QED) is 0.779. The predicted octanol–water partition coefficient (Wildman–Crippen LogP) is 1.97. The number of amides is 1. The summed E-state index contributed by atoms with van der Waals surface area (Å²) < 4.78 is 21.9. The van der Waals surface area contributed by atoms with Gasteiger partial charge in [0.1, 0.15) is 14.8 Å². The normalized spacial score (nSPS) is 11.5. The molecular formula is C13H16N2O3S3. The summed E-state index contributed by atoms with van der Waals surface area (Å²) in [6, 6.07) is 3.97. The second-order valence-corrected chi connectivity index (χ2v) is 8.70. The van der Waals surface area contributed by atoms with Crippen molar-refractivity contribution in [2.24, 2.45) is 0 Å². The Balaban J connectivity index is 1.78. The molecule has 0 aromatic carbocycles. The highest BCUT2D eigenvalue weighted by molar-refractivity contribution is 7.90. The molecule has 21 heavy (non-hydrogen) atoms. The van der Waals surface area contributed by atoms with Crippen LogP contribution in [-0.2, 0) is 21.1 Å². The third-order valence-corrected chi connectivity index (χ3v) is 5.60. The molecule has 114 valence electrons. The van der Waals surface area contributed by atoms with Crippen LogP contribution < -0.4 is 5.32 Å². The molecule has 1 N–H and O–H groups in total. The summed E-state index contributed by atoms with van der Waals surface area (Å²) in [5.41, 5.74) is 0.740. The van der Waals surface area contributed by atoms with Crippen LogP contribution in [0.5, 0.6) is 0 Å². The zero-order valence-electron chi connectivity index (χ0n) is 11.5. The number of hydrogen-bond acceptors (Lipinski definition) is 6. The lowest BCUT2D eigenvalue weighted by atomic mass is 10.3. The number of nitrogens with one attached hydrogen (secondary N) is 1. The monoisotopic (exact) mass is 344 g/mol. The lowest BCUT2D eigenvalue weighted by Crippen LogP contribution is -2.27. The van der Waals surface area contributed by atoms with Crippen molar-refractivity contribution in [2.75, 3.05) is 18.6 Å². The molecule has 0 spiro atoms. The fourth-order valence-electron chi connectivity index (χ4n) is 1.69. The van der Waals surface area contributed by atoms with Gasteiger partial charge in [-0.2, -0.15) is 0 Å². The zero-order chi connectivity index (χ0) is 15.3. The van der Waals surface area contributed by atoms with Gasteiger partial charge < -0.3 is 5.32 Å². The first-order chi connectivity index (χ1) is 9.94. The van der Waals surface area contributed by atoms with E-state index in [1.54, 1.807) is 11.3 Å². The summed E-state index contributed by atoms with van der Waals surface area (Å²) in [4.78, 5) is 17.3. The standard InChI is InChI=1S/C13H16N2O3S3/c1-21(17,18)7-3-5-14-12(16)8-10-9-20-13(15-10)11-4-2-6-19-11/h2,4,6,9H,3,5,7-8H2,1H3,(H,14,16). The molecule has 0 aliphatic carbocycles. The van der Waals surface area contributed by atoms with E-state index in [0.717, 1.165) is 15.6 Å². The summed E-state index contributed by atoms with van der Waals surface area (Å²) in [5, 5.41) is 7.50. The van der Waals surface area contributed by atoms with Crippen molar-refractivity contribution in [2.45, 2.75) is 12.8 Å². The number of sulfone groups is 1. The molecule has 0 radical (unpaired) electrons. The van der Waals surface area contributed by atoms with Gasteiger partial charge in [0.15, 0.2) is 0 Å². The minimum atomic E-state index is -2.96. The van der Waals surface area contributed by atoms with Gasteiger partial charge in [-0.15, -0.1) is 22.7 Å². The van der Waals surface area contributed by atoms with Crippen molar-refractivity contribution < 1.29 is 13.2 Å². The van der Waals surface area contributed by atoms with Crippen molar-refractivity contribution in [3.8, 4) is 9.88 Å². The number of carbonyl (C=O) groups excluding carboxylic acids is 1. The van der Waals surface area contributed by atoms with Crippen LogP contribution in [0, 0.1) is 0 Å². The number of thiazole rings is 1. The van der Waals surface area contributed by atoms with Gasteiger partial charge in [0.25, 0.3) is 0 Å². The Morgan fingerprint density at radius 3 is 2.86 bits per heavy atom. The predicted molar refractivity (Wildman–Crippen MR) is 86.5 cm³/mol. The molecule has 1 amide bonds. The Labute approximate surface area is 132 Å². The smallest absolute Gasteiger partial charge is 0.226 e. The zero-order valence-corrected chi connectivity index (χ0v) is 14.0. The van der Waals surface area contributed by atoms with Crippen LogP contribution in [-0.4, -0.2) is 37.9 Å². The topological polar surface area (TPSA) is 76.1 Å². The lowest BCUT2D eigenvalue weighted by molar-refractivity contribution is -0.120. The molecule has 0 atom stereocenters. The van der Waals surface area contributed by atoms with Crippen LogP contribution in [0.1, 0.15) is 12.1 Å². The van der Waals surface area contributed by atoms with Crippen LogP contribution in [0.2, 0.25) is 0 Å². The Bertz CT molecular complexity index is 690. The van der Waals surface area contributed by atoms with Gasteiger partial charge in [0, 0.05) is 18.2 Å². The number of nitrogens with zero attached hydrogens (tertiary/aromatic N) is 1. The van der Waals surface area contributed by atoms with E-state index in [4.69, 9.17) is 0 Å². The highest BCUT2D eigenvalue weighted by atomic mass is 32.2. The van der Waals surface area contributed by atoms with E-state index < -0.39 is 9.84 Å². The Kier molecular flexibility index (Phi) is 5.49. The third-order valence-electron chi connectivity index (χ3n) is 2.64. The molecule has 2 aromatic rings. The largest absolute Gasteiger partial charge is 0.356 e. The average molecular weight is 344 g/mol. The number of rotatable bonds is 7. The van der Waals surface area contributed by atoms with E-state index in [1.807, 2.05) is 22.9 Å². The second kappa shape index (κ2) is 7.15. The van der Waals surface area contributed by atoms with Gasteiger partial charge in [0.2, 0.25) is 5.91 Å². The van der Waals surface area contributed by atoms with Crippen molar-refractivity contribution in [1.29, 1.82) is 0 Å². The van der Waals surface area contributed by atoms with Crippen LogP contribution in [0.15, 0.2) is 22.9 Å².